The minimum atomic E-state index is -1.79. The second kappa shape index (κ2) is 8.62. The minimum absolute atomic E-state index is 0.0222. The van der Waals surface area contributed by atoms with Gasteiger partial charge in [0.05, 0.1) is 18.2 Å². The van der Waals surface area contributed by atoms with Crippen LogP contribution in [0.5, 0.6) is 40.2 Å². The van der Waals surface area contributed by atoms with Crippen LogP contribution in [0.1, 0.15) is 17.2 Å². The summed E-state index contributed by atoms with van der Waals surface area (Å²) in [6.45, 7) is -0.714. The van der Waals surface area contributed by atoms with Crippen molar-refractivity contribution in [1.29, 1.82) is 0 Å². The zero-order chi connectivity index (χ0) is 24.9. The Hall–Kier alpha value is -3.62. The number of hydrogen-bond donors (Lipinski definition) is 10. The van der Waals surface area contributed by atoms with Crippen LogP contribution in [0, 0.1) is 0 Å². The lowest BCUT2D eigenvalue weighted by Gasteiger charge is -2.40. The van der Waals surface area contributed by atoms with Gasteiger partial charge in [0.2, 0.25) is 12.0 Å². The van der Waals surface area contributed by atoms with Crippen LogP contribution in [0.4, 0.5) is 0 Å². The standard InChI is InChI=1S/C21H22O13/c22-5-13-17(29)18(30)19(31)21(34-13)33-12-3-7-11(4-10(25)16(28)14(7)26)32-20(12)6-1-8(23)15(27)9(24)2-6/h1-4,13,17-31H,5H2/p+1. The van der Waals surface area contributed by atoms with Gasteiger partial charge < -0.3 is 65.3 Å². The van der Waals surface area contributed by atoms with Crippen molar-refractivity contribution in [2.24, 2.45) is 0 Å². The molecule has 0 radical (unpaired) electrons. The van der Waals surface area contributed by atoms with Gasteiger partial charge in [-0.2, -0.15) is 0 Å². The first-order chi connectivity index (χ1) is 16.0. The zero-order valence-electron chi connectivity index (χ0n) is 17.2. The largest absolute Gasteiger partial charge is 0.571 e. The first kappa shape index (κ1) is 23.5. The Balaban J connectivity index is 1.79. The molecule has 1 fully saturated rings. The molecule has 0 bridgehead atoms. The van der Waals surface area contributed by atoms with Crippen molar-refractivity contribution in [3.63, 3.8) is 0 Å². The Kier molecular flexibility index (Phi) is 5.97. The topological polar surface area (TPSA) is 234 Å². The molecule has 2 aromatic carbocycles. The van der Waals surface area contributed by atoms with E-state index in [2.05, 4.69) is 4.74 Å². The van der Waals surface area contributed by atoms with Gasteiger partial charge in [-0.15, -0.1) is 0 Å². The van der Waals surface area contributed by atoms with E-state index >= 15 is 0 Å². The highest BCUT2D eigenvalue weighted by Gasteiger charge is 2.46. The average Bonchev–Trinajstić information content (AvgIpc) is 2.81. The third kappa shape index (κ3) is 3.85. The predicted molar refractivity (Wildman–Crippen MR) is 110 cm³/mol. The fraction of sp³-hybridized carbons (Fsp3) is 0.333. The van der Waals surface area contributed by atoms with Crippen molar-refractivity contribution in [3.05, 3.63) is 35.1 Å². The van der Waals surface area contributed by atoms with E-state index in [4.69, 9.17) is 9.47 Å². The van der Waals surface area contributed by atoms with Crippen LogP contribution >= 0.6 is 0 Å². The molecule has 1 saturated heterocycles. The predicted octanol–water partition coefficient (Wildman–Crippen LogP) is -0.926. The van der Waals surface area contributed by atoms with Crippen LogP contribution in [-0.4, -0.2) is 93.1 Å². The monoisotopic (exact) mass is 483 g/mol. The van der Waals surface area contributed by atoms with E-state index in [0.717, 1.165) is 18.2 Å². The van der Waals surface area contributed by atoms with Gasteiger partial charge >= 0.3 is 0 Å². The van der Waals surface area contributed by atoms with Crippen molar-refractivity contribution in [3.8, 4) is 40.2 Å². The summed E-state index contributed by atoms with van der Waals surface area (Å²) in [7, 11) is 0. The van der Waals surface area contributed by atoms with Crippen LogP contribution < -0.4 is 0 Å². The maximum atomic E-state index is 10.3. The number of aliphatic hydroxyl groups excluding tert-OH is 4. The summed E-state index contributed by atoms with van der Waals surface area (Å²) in [6.07, 6.45) is -8.16. The second-order valence-corrected chi connectivity index (χ2v) is 7.83. The van der Waals surface area contributed by atoms with Gasteiger partial charge in [0.15, 0.2) is 34.5 Å². The van der Waals surface area contributed by atoms with Crippen molar-refractivity contribution in [1.82, 2.24) is 0 Å². The molecular weight excluding hydrogens is 460 g/mol. The average molecular weight is 483 g/mol. The smallest absolute Gasteiger partial charge is 0.270 e. The SMILES string of the molecule is OCC1OC(OC2=Cc3c(cc(O)c(O)c3O)[OH+]C2c2cc(O)c(O)c(O)c2)C(O)C(O)C1O. The normalized spacial score (nSPS) is 28.5. The number of phenolic OH excluding ortho intramolecular Hbond substituents is 6. The van der Waals surface area contributed by atoms with Gasteiger partial charge in [-0.05, 0) is 12.1 Å². The minimum Gasteiger partial charge on any atom is -0.571 e. The van der Waals surface area contributed by atoms with E-state index in [-0.39, 0.29) is 22.6 Å². The molecule has 11 N–H and O–H groups in total. The van der Waals surface area contributed by atoms with Crippen molar-refractivity contribution in [2.45, 2.75) is 36.8 Å². The molecule has 34 heavy (non-hydrogen) atoms. The molecule has 6 atom stereocenters. The first-order valence-electron chi connectivity index (χ1n) is 9.95. The number of phenols is 6. The molecule has 184 valence electrons. The molecule has 2 aromatic rings. The number of rotatable bonds is 4. The molecule has 0 amide bonds. The molecule has 0 spiro atoms. The number of fused-ring (bicyclic) bond motifs is 1. The van der Waals surface area contributed by atoms with Crippen LogP contribution in [-0.2, 0) is 9.47 Å². The summed E-state index contributed by atoms with van der Waals surface area (Å²) < 4.78 is 15.3. The third-order valence-corrected chi connectivity index (χ3v) is 5.60. The van der Waals surface area contributed by atoms with Gasteiger partial charge in [-0.3, -0.25) is 0 Å². The summed E-state index contributed by atoms with van der Waals surface area (Å²) in [5, 5.41) is 99.3. The Labute approximate surface area is 190 Å². The van der Waals surface area contributed by atoms with Crippen LogP contribution in [0.3, 0.4) is 0 Å². The second-order valence-electron chi connectivity index (χ2n) is 7.83. The number of ether oxygens (including phenoxy) is 3. The first-order valence-corrected chi connectivity index (χ1v) is 9.95. The lowest BCUT2D eigenvalue weighted by Crippen LogP contribution is -2.59. The summed E-state index contributed by atoms with van der Waals surface area (Å²) >= 11 is 0. The van der Waals surface area contributed by atoms with Gasteiger partial charge in [0, 0.05) is 6.08 Å². The molecule has 0 aliphatic carbocycles. The van der Waals surface area contributed by atoms with E-state index in [0.29, 0.717) is 0 Å². The maximum Gasteiger partial charge on any atom is 0.270 e. The van der Waals surface area contributed by atoms with E-state index in [1.807, 2.05) is 0 Å². The van der Waals surface area contributed by atoms with Crippen LogP contribution in [0.25, 0.3) is 6.08 Å². The molecule has 2 aliphatic rings. The van der Waals surface area contributed by atoms with E-state index in [1.165, 1.54) is 6.08 Å². The third-order valence-electron chi connectivity index (χ3n) is 5.60. The van der Waals surface area contributed by atoms with Gasteiger partial charge in [0.1, 0.15) is 30.0 Å². The lowest BCUT2D eigenvalue weighted by molar-refractivity contribution is -0.295. The molecule has 13 nitrogen and oxygen atoms in total. The molecule has 2 aliphatic heterocycles. The fourth-order valence-corrected chi connectivity index (χ4v) is 3.74. The zero-order valence-corrected chi connectivity index (χ0v) is 17.2. The Bertz CT molecular complexity index is 1110. The summed E-state index contributed by atoms with van der Waals surface area (Å²) in [5.74, 6) is -4.66. The Morgan fingerprint density at radius 3 is 2.03 bits per heavy atom. The van der Waals surface area contributed by atoms with Crippen molar-refractivity contribution < 1.29 is 65.3 Å². The number of benzene rings is 2. The number of aliphatic hydroxyl groups is 5. The molecular formula is C21H23O13+. The summed E-state index contributed by atoms with van der Waals surface area (Å²) in [4.78, 5) is 0. The van der Waals surface area contributed by atoms with Crippen molar-refractivity contribution >= 4 is 6.08 Å². The fourth-order valence-electron chi connectivity index (χ4n) is 3.74. The quantitative estimate of drug-likeness (QED) is 0.144. The van der Waals surface area contributed by atoms with Gasteiger partial charge in [-0.25, -0.2) is 0 Å². The highest BCUT2D eigenvalue weighted by Crippen LogP contribution is 2.51. The maximum absolute atomic E-state index is 10.3. The lowest BCUT2D eigenvalue weighted by atomic mass is 9.98. The Morgan fingerprint density at radius 1 is 0.794 bits per heavy atom. The number of aromatic hydroxyl groups is 7. The molecule has 13 heteroatoms. The van der Waals surface area contributed by atoms with Crippen molar-refractivity contribution in [2.75, 3.05) is 6.61 Å². The highest BCUT2D eigenvalue weighted by molar-refractivity contribution is 5.73. The molecule has 2 heterocycles. The van der Waals surface area contributed by atoms with E-state index in [9.17, 15) is 51.1 Å². The summed E-state index contributed by atoms with van der Waals surface area (Å²) in [5.41, 5.74) is -0.0419. The molecule has 0 aromatic heterocycles. The number of hydrogen-bond acceptors (Lipinski definition) is 12. The van der Waals surface area contributed by atoms with Crippen LogP contribution in [0.2, 0.25) is 0 Å². The van der Waals surface area contributed by atoms with E-state index < -0.39 is 77.9 Å². The molecule has 6 unspecified atom stereocenters. The van der Waals surface area contributed by atoms with E-state index in [1.54, 1.807) is 0 Å². The highest BCUT2D eigenvalue weighted by atomic mass is 16.7. The Morgan fingerprint density at radius 2 is 1.41 bits per heavy atom. The molecule has 0 saturated carbocycles. The molecule has 4 rings (SSSR count). The van der Waals surface area contributed by atoms with Gasteiger partial charge in [0.25, 0.3) is 11.9 Å². The van der Waals surface area contributed by atoms with Gasteiger partial charge in [-0.1, -0.05) is 0 Å². The summed E-state index contributed by atoms with van der Waals surface area (Å²) in [6, 6.07) is 3.15. The van der Waals surface area contributed by atoms with Crippen LogP contribution in [0.15, 0.2) is 24.0 Å².